The van der Waals surface area contributed by atoms with Crippen molar-refractivity contribution < 1.29 is 4.74 Å². The minimum atomic E-state index is 0.150. The highest BCUT2D eigenvalue weighted by Gasteiger charge is 2.21. The van der Waals surface area contributed by atoms with Crippen LogP contribution in [0.4, 0.5) is 0 Å². The standard InChI is InChI=1S/C10H13BrN2O/c1-13-5-6-14-9(7-13)8-3-2-4-12-10(8)11/h2-4,9H,5-7H2,1H3. The van der Waals surface area contributed by atoms with Crippen LogP contribution in [0.1, 0.15) is 11.7 Å². The van der Waals surface area contributed by atoms with Crippen LogP contribution < -0.4 is 0 Å². The molecule has 2 rings (SSSR count). The highest BCUT2D eigenvalue weighted by Crippen LogP contribution is 2.26. The predicted molar refractivity (Wildman–Crippen MR) is 58.1 cm³/mol. The third kappa shape index (κ3) is 2.13. The molecule has 76 valence electrons. The van der Waals surface area contributed by atoms with Crippen molar-refractivity contribution in [2.45, 2.75) is 6.10 Å². The normalized spacial score (nSPS) is 23.7. The summed E-state index contributed by atoms with van der Waals surface area (Å²) in [6.45, 7) is 2.74. The van der Waals surface area contributed by atoms with Gasteiger partial charge in [-0.25, -0.2) is 4.98 Å². The fourth-order valence-electron chi connectivity index (χ4n) is 1.60. The molecule has 0 N–H and O–H groups in total. The summed E-state index contributed by atoms with van der Waals surface area (Å²) in [5, 5.41) is 0. The zero-order chi connectivity index (χ0) is 9.97. The Morgan fingerprint density at radius 1 is 1.64 bits per heavy atom. The first-order valence-corrected chi connectivity index (χ1v) is 5.47. The van der Waals surface area contributed by atoms with Gasteiger partial charge in [0.15, 0.2) is 0 Å². The first kappa shape index (κ1) is 10.1. The lowest BCUT2D eigenvalue weighted by Gasteiger charge is -2.30. The Bertz CT molecular complexity index is 319. The molecule has 1 aliphatic rings. The fourth-order valence-corrected chi connectivity index (χ4v) is 2.11. The minimum absolute atomic E-state index is 0.150. The highest BCUT2D eigenvalue weighted by molar-refractivity contribution is 9.10. The Morgan fingerprint density at radius 2 is 2.50 bits per heavy atom. The van der Waals surface area contributed by atoms with Crippen molar-refractivity contribution in [3.05, 3.63) is 28.5 Å². The van der Waals surface area contributed by atoms with Crippen molar-refractivity contribution in [3.8, 4) is 0 Å². The van der Waals surface area contributed by atoms with Crippen molar-refractivity contribution in [2.24, 2.45) is 0 Å². The van der Waals surface area contributed by atoms with E-state index in [4.69, 9.17) is 4.74 Å². The van der Waals surface area contributed by atoms with Gasteiger partial charge in [0.2, 0.25) is 0 Å². The topological polar surface area (TPSA) is 25.4 Å². The number of likely N-dealkylation sites (N-methyl/N-ethyl adjacent to an activating group) is 1. The number of nitrogens with zero attached hydrogens (tertiary/aromatic N) is 2. The molecule has 1 unspecified atom stereocenters. The Kier molecular flexibility index (Phi) is 3.15. The monoisotopic (exact) mass is 256 g/mol. The van der Waals surface area contributed by atoms with Gasteiger partial charge in [-0.2, -0.15) is 0 Å². The molecule has 1 aromatic heterocycles. The summed E-state index contributed by atoms with van der Waals surface area (Å²) in [4.78, 5) is 6.47. The average molecular weight is 257 g/mol. The maximum absolute atomic E-state index is 5.70. The van der Waals surface area contributed by atoms with E-state index in [2.05, 4.69) is 38.9 Å². The van der Waals surface area contributed by atoms with Crippen LogP contribution in [-0.4, -0.2) is 36.6 Å². The van der Waals surface area contributed by atoms with E-state index in [1.54, 1.807) is 6.20 Å². The molecule has 0 amide bonds. The predicted octanol–water partition coefficient (Wildman–Crippen LogP) is 1.85. The Labute approximate surface area is 92.2 Å². The van der Waals surface area contributed by atoms with E-state index >= 15 is 0 Å². The summed E-state index contributed by atoms with van der Waals surface area (Å²) >= 11 is 3.44. The van der Waals surface area contributed by atoms with Gasteiger partial charge in [-0.1, -0.05) is 6.07 Å². The molecule has 0 spiro atoms. The molecule has 2 heterocycles. The molecule has 1 saturated heterocycles. The van der Waals surface area contributed by atoms with Gasteiger partial charge in [-0.3, -0.25) is 0 Å². The number of hydrogen-bond donors (Lipinski definition) is 0. The molecule has 0 radical (unpaired) electrons. The smallest absolute Gasteiger partial charge is 0.111 e. The summed E-state index contributed by atoms with van der Waals surface area (Å²) in [5.41, 5.74) is 1.14. The van der Waals surface area contributed by atoms with E-state index in [-0.39, 0.29) is 6.10 Å². The summed E-state index contributed by atoms with van der Waals surface area (Å²) < 4.78 is 6.59. The average Bonchev–Trinajstić information content (AvgIpc) is 2.18. The Hall–Kier alpha value is -0.450. The van der Waals surface area contributed by atoms with Gasteiger partial charge in [0.1, 0.15) is 4.60 Å². The lowest BCUT2D eigenvalue weighted by molar-refractivity contribution is -0.0214. The largest absolute Gasteiger partial charge is 0.371 e. The van der Waals surface area contributed by atoms with Gasteiger partial charge < -0.3 is 9.64 Å². The molecule has 0 saturated carbocycles. The van der Waals surface area contributed by atoms with E-state index in [0.717, 1.165) is 29.9 Å². The molecule has 0 aromatic carbocycles. The van der Waals surface area contributed by atoms with Crippen LogP contribution in [0.25, 0.3) is 0 Å². The van der Waals surface area contributed by atoms with Crippen molar-refractivity contribution in [2.75, 3.05) is 26.7 Å². The van der Waals surface area contributed by atoms with Gasteiger partial charge >= 0.3 is 0 Å². The molecular formula is C10H13BrN2O. The van der Waals surface area contributed by atoms with E-state index in [9.17, 15) is 0 Å². The molecule has 1 aromatic rings. The molecule has 0 aliphatic carbocycles. The maximum Gasteiger partial charge on any atom is 0.111 e. The van der Waals surface area contributed by atoms with Gasteiger partial charge in [-0.05, 0) is 29.0 Å². The van der Waals surface area contributed by atoms with Crippen molar-refractivity contribution in [3.63, 3.8) is 0 Å². The summed E-state index contributed by atoms with van der Waals surface area (Å²) in [5.74, 6) is 0. The third-order valence-electron chi connectivity index (χ3n) is 2.40. The molecule has 0 bridgehead atoms. The molecule has 1 fully saturated rings. The molecule has 3 nitrogen and oxygen atoms in total. The van der Waals surface area contributed by atoms with Crippen LogP contribution in [0, 0.1) is 0 Å². The van der Waals surface area contributed by atoms with Crippen LogP contribution in [-0.2, 0) is 4.74 Å². The van der Waals surface area contributed by atoms with E-state index in [1.807, 2.05) is 6.07 Å². The lowest BCUT2D eigenvalue weighted by Crippen LogP contribution is -2.35. The molecule has 1 atom stereocenters. The first-order valence-electron chi connectivity index (χ1n) is 4.68. The zero-order valence-electron chi connectivity index (χ0n) is 8.11. The van der Waals surface area contributed by atoms with Gasteiger partial charge in [0.05, 0.1) is 12.7 Å². The van der Waals surface area contributed by atoms with Crippen LogP contribution in [0.2, 0.25) is 0 Å². The number of aromatic nitrogens is 1. The Balaban J connectivity index is 2.18. The van der Waals surface area contributed by atoms with Gasteiger partial charge in [-0.15, -0.1) is 0 Å². The number of rotatable bonds is 1. The highest BCUT2D eigenvalue weighted by atomic mass is 79.9. The van der Waals surface area contributed by atoms with E-state index in [1.165, 1.54) is 0 Å². The number of pyridine rings is 1. The zero-order valence-corrected chi connectivity index (χ0v) is 9.70. The Morgan fingerprint density at radius 3 is 3.21 bits per heavy atom. The van der Waals surface area contributed by atoms with Crippen LogP contribution in [0.3, 0.4) is 0 Å². The van der Waals surface area contributed by atoms with Gasteiger partial charge in [0.25, 0.3) is 0 Å². The fraction of sp³-hybridized carbons (Fsp3) is 0.500. The molecule has 4 heteroatoms. The van der Waals surface area contributed by atoms with E-state index < -0.39 is 0 Å². The molecule has 14 heavy (non-hydrogen) atoms. The number of ether oxygens (including phenoxy) is 1. The third-order valence-corrected chi connectivity index (χ3v) is 3.07. The van der Waals surface area contributed by atoms with E-state index in [0.29, 0.717) is 0 Å². The maximum atomic E-state index is 5.70. The second kappa shape index (κ2) is 4.38. The first-order chi connectivity index (χ1) is 6.77. The second-order valence-electron chi connectivity index (χ2n) is 3.51. The van der Waals surface area contributed by atoms with Crippen molar-refractivity contribution >= 4 is 15.9 Å². The molecular weight excluding hydrogens is 244 g/mol. The second-order valence-corrected chi connectivity index (χ2v) is 4.26. The van der Waals surface area contributed by atoms with Crippen LogP contribution in [0.5, 0.6) is 0 Å². The number of morpholine rings is 1. The van der Waals surface area contributed by atoms with Crippen molar-refractivity contribution in [1.82, 2.24) is 9.88 Å². The number of halogens is 1. The number of hydrogen-bond acceptors (Lipinski definition) is 3. The van der Waals surface area contributed by atoms with Crippen molar-refractivity contribution in [1.29, 1.82) is 0 Å². The minimum Gasteiger partial charge on any atom is -0.371 e. The van der Waals surface area contributed by atoms with Crippen LogP contribution >= 0.6 is 15.9 Å². The summed E-state index contributed by atoms with van der Waals surface area (Å²) in [6.07, 6.45) is 1.93. The SMILES string of the molecule is CN1CCOC(c2cccnc2Br)C1. The lowest BCUT2D eigenvalue weighted by atomic mass is 10.1. The molecule has 1 aliphatic heterocycles. The quantitative estimate of drug-likeness (QED) is 0.718. The summed E-state index contributed by atoms with van der Waals surface area (Å²) in [7, 11) is 2.11. The van der Waals surface area contributed by atoms with Gasteiger partial charge in [0, 0.05) is 24.8 Å². The van der Waals surface area contributed by atoms with Crippen LogP contribution in [0.15, 0.2) is 22.9 Å². The summed E-state index contributed by atoms with van der Waals surface area (Å²) in [6, 6.07) is 4.00.